The quantitative estimate of drug-likeness (QED) is 0.588. The second-order valence-electron chi connectivity index (χ2n) is 4.93. The summed E-state index contributed by atoms with van der Waals surface area (Å²) < 4.78 is 19.9. The Morgan fingerprint density at radius 1 is 1.05 bits per heavy atom. The maximum absolute atomic E-state index is 5.88. The van der Waals surface area contributed by atoms with E-state index in [1.54, 1.807) is 0 Å². The zero-order valence-corrected chi connectivity index (χ0v) is 15.1. The summed E-state index contributed by atoms with van der Waals surface area (Å²) in [6, 6.07) is 0.850. The van der Waals surface area contributed by atoms with Crippen LogP contribution < -0.4 is 0 Å². The van der Waals surface area contributed by atoms with Gasteiger partial charge in [0.1, 0.15) is 5.82 Å². The third-order valence-corrected chi connectivity index (χ3v) is 6.42. The van der Waals surface area contributed by atoms with E-state index in [2.05, 4.69) is 22.7 Å². The molecule has 6 heteroatoms. The van der Waals surface area contributed by atoms with Crippen LogP contribution in [-0.2, 0) is 26.2 Å². The molecule has 0 aliphatic carbocycles. The second-order valence-corrected chi connectivity index (χ2v) is 7.66. The van der Waals surface area contributed by atoms with Gasteiger partial charge in [0, 0.05) is 45.0 Å². The first kappa shape index (κ1) is 18.4. The van der Waals surface area contributed by atoms with Crippen LogP contribution in [0.4, 0.5) is 0 Å². The highest BCUT2D eigenvalue weighted by Crippen LogP contribution is 2.19. The largest absolute Gasteiger partial charge is 0.500 e. The van der Waals surface area contributed by atoms with Gasteiger partial charge in [-0.05, 0) is 34.1 Å². The van der Waals surface area contributed by atoms with Crippen LogP contribution in [0.1, 0.15) is 45.6 Å². The first-order valence-electron chi connectivity index (χ1n) is 8.05. The van der Waals surface area contributed by atoms with Crippen molar-refractivity contribution < 1.29 is 13.3 Å². The van der Waals surface area contributed by atoms with Gasteiger partial charge in [0.15, 0.2) is 0 Å². The van der Waals surface area contributed by atoms with Crippen molar-refractivity contribution in [3.05, 3.63) is 17.7 Å². The molecule has 0 saturated heterocycles. The van der Waals surface area contributed by atoms with E-state index in [9.17, 15) is 0 Å². The number of hydrogen-bond donors (Lipinski definition) is 0. The van der Waals surface area contributed by atoms with E-state index in [1.807, 2.05) is 27.7 Å². The van der Waals surface area contributed by atoms with Crippen molar-refractivity contribution in [2.45, 2.75) is 60.0 Å². The molecule has 0 fully saturated rings. The normalized spacial score (nSPS) is 12.0. The summed E-state index contributed by atoms with van der Waals surface area (Å²) in [6.07, 6.45) is 4.05. The molecule has 1 aromatic rings. The zero-order valence-electron chi connectivity index (χ0n) is 14.1. The highest BCUT2D eigenvalue weighted by atomic mass is 28.4. The lowest BCUT2D eigenvalue weighted by atomic mass is 10.4. The van der Waals surface area contributed by atoms with Crippen LogP contribution in [0.3, 0.4) is 0 Å². The van der Waals surface area contributed by atoms with Gasteiger partial charge in [-0.2, -0.15) is 0 Å². The minimum absolute atomic E-state index is 0.636. The lowest BCUT2D eigenvalue weighted by molar-refractivity contribution is 0.0705. The first-order chi connectivity index (χ1) is 10.1. The number of imidazole rings is 1. The molecule has 1 aromatic heterocycles. The van der Waals surface area contributed by atoms with Crippen LogP contribution in [0.25, 0.3) is 0 Å². The Kier molecular flexibility index (Phi) is 8.17. The summed E-state index contributed by atoms with van der Waals surface area (Å²) >= 11 is 0. The van der Waals surface area contributed by atoms with Crippen LogP contribution in [0.2, 0.25) is 6.04 Å². The van der Waals surface area contributed by atoms with E-state index in [0.717, 1.165) is 36.9 Å². The minimum Gasteiger partial charge on any atom is -0.374 e. The standard InChI is InChI=1S/C15H30N2O3Si/c1-6-15-16-14(5)13-17(15)11-10-12-21(18-7-2,19-8-3)20-9-4/h13H,6-12H2,1-5H3. The smallest absolute Gasteiger partial charge is 0.374 e. The number of aryl methyl sites for hydroxylation is 3. The molecule has 1 rings (SSSR count). The Morgan fingerprint density at radius 3 is 2.10 bits per heavy atom. The van der Waals surface area contributed by atoms with Crippen molar-refractivity contribution in [2.75, 3.05) is 19.8 Å². The van der Waals surface area contributed by atoms with Crippen molar-refractivity contribution in [3.63, 3.8) is 0 Å². The molecule has 0 amide bonds. The maximum atomic E-state index is 5.88. The fourth-order valence-corrected chi connectivity index (χ4v) is 5.13. The van der Waals surface area contributed by atoms with E-state index < -0.39 is 8.80 Å². The molecule has 0 aliphatic rings. The Hall–Kier alpha value is -0.693. The fraction of sp³-hybridized carbons (Fsp3) is 0.800. The molecule has 0 bridgehead atoms. The van der Waals surface area contributed by atoms with E-state index in [4.69, 9.17) is 13.3 Å². The van der Waals surface area contributed by atoms with Gasteiger partial charge < -0.3 is 17.8 Å². The van der Waals surface area contributed by atoms with Gasteiger partial charge in [-0.15, -0.1) is 0 Å². The zero-order chi connectivity index (χ0) is 15.7. The third kappa shape index (κ3) is 5.54. The molecular formula is C15H30N2O3Si. The summed E-state index contributed by atoms with van der Waals surface area (Å²) in [5, 5.41) is 0. The topological polar surface area (TPSA) is 45.5 Å². The summed E-state index contributed by atoms with van der Waals surface area (Å²) in [5.41, 5.74) is 1.08. The van der Waals surface area contributed by atoms with E-state index in [0.29, 0.717) is 19.8 Å². The fourth-order valence-electron chi connectivity index (χ4n) is 2.54. The Bertz CT molecular complexity index is 393. The second kappa shape index (κ2) is 9.35. The summed E-state index contributed by atoms with van der Waals surface area (Å²) in [5.74, 6) is 1.14. The number of nitrogens with zero attached hydrogens (tertiary/aromatic N) is 2. The number of aromatic nitrogens is 2. The van der Waals surface area contributed by atoms with E-state index in [-0.39, 0.29) is 0 Å². The van der Waals surface area contributed by atoms with Gasteiger partial charge in [0.05, 0.1) is 5.69 Å². The average Bonchev–Trinajstić information content (AvgIpc) is 2.80. The monoisotopic (exact) mass is 314 g/mol. The summed E-state index contributed by atoms with van der Waals surface area (Å²) in [4.78, 5) is 4.53. The van der Waals surface area contributed by atoms with Crippen LogP contribution in [0.5, 0.6) is 0 Å². The molecule has 0 unspecified atom stereocenters. The molecule has 1 heterocycles. The molecule has 0 atom stereocenters. The predicted octanol–water partition coefficient (Wildman–Crippen LogP) is 3.19. The maximum Gasteiger partial charge on any atom is 0.500 e. The summed E-state index contributed by atoms with van der Waals surface area (Å²) in [6.45, 7) is 13.0. The molecule has 0 N–H and O–H groups in total. The van der Waals surface area contributed by atoms with Crippen LogP contribution in [-0.4, -0.2) is 38.2 Å². The van der Waals surface area contributed by atoms with Gasteiger partial charge in [0.2, 0.25) is 0 Å². The van der Waals surface area contributed by atoms with Crippen LogP contribution >= 0.6 is 0 Å². The Balaban J connectivity index is 2.63. The van der Waals surface area contributed by atoms with Crippen molar-refractivity contribution in [2.24, 2.45) is 0 Å². The number of rotatable bonds is 11. The molecule has 21 heavy (non-hydrogen) atoms. The highest BCUT2D eigenvalue weighted by molar-refractivity contribution is 6.60. The van der Waals surface area contributed by atoms with Crippen molar-refractivity contribution in [3.8, 4) is 0 Å². The molecule has 0 aliphatic heterocycles. The van der Waals surface area contributed by atoms with Crippen molar-refractivity contribution >= 4 is 8.80 Å². The first-order valence-corrected chi connectivity index (χ1v) is 9.98. The van der Waals surface area contributed by atoms with Gasteiger partial charge in [-0.25, -0.2) is 4.98 Å². The van der Waals surface area contributed by atoms with Crippen LogP contribution in [0, 0.1) is 6.92 Å². The highest BCUT2D eigenvalue weighted by Gasteiger charge is 2.39. The third-order valence-electron chi connectivity index (χ3n) is 3.27. The van der Waals surface area contributed by atoms with Gasteiger partial charge in [-0.3, -0.25) is 0 Å². The van der Waals surface area contributed by atoms with Gasteiger partial charge >= 0.3 is 8.80 Å². The molecule has 0 spiro atoms. The SMILES string of the molecule is CCO[Si](CCCn1cc(C)nc1CC)(OCC)OCC. The molecule has 122 valence electrons. The van der Waals surface area contributed by atoms with Crippen molar-refractivity contribution in [1.82, 2.24) is 9.55 Å². The average molecular weight is 315 g/mol. The van der Waals surface area contributed by atoms with Gasteiger partial charge in [0.25, 0.3) is 0 Å². The Morgan fingerprint density at radius 2 is 1.62 bits per heavy atom. The molecule has 0 saturated carbocycles. The lowest BCUT2D eigenvalue weighted by Crippen LogP contribution is -2.46. The summed E-state index contributed by atoms with van der Waals surface area (Å²) in [7, 11) is -2.50. The molecule has 0 aromatic carbocycles. The molecular weight excluding hydrogens is 284 g/mol. The van der Waals surface area contributed by atoms with E-state index in [1.165, 1.54) is 0 Å². The predicted molar refractivity (Wildman–Crippen MR) is 86.4 cm³/mol. The Labute approximate surface area is 130 Å². The van der Waals surface area contributed by atoms with E-state index >= 15 is 0 Å². The van der Waals surface area contributed by atoms with Crippen LogP contribution in [0.15, 0.2) is 6.20 Å². The minimum atomic E-state index is -2.50. The number of hydrogen-bond acceptors (Lipinski definition) is 4. The van der Waals surface area contributed by atoms with Gasteiger partial charge in [-0.1, -0.05) is 6.92 Å². The molecule has 0 radical (unpaired) electrons. The lowest BCUT2D eigenvalue weighted by Gasteiger charge is -2.28. The molecule has 5 nitrogen and oxygen atoms in total. The van der Waals surface area contributed by atoms with Crippen molar-refractivity contribution in [1.29, 1.82) is 0 Å².